The van der Waals surface area contributed by atoms with E-state index in [0.29, 0.717) is 39.0 Å². The summed E-state index contributed by atoms with van der Waals surface area (Å²) in [6, 6.07) is 19.4. The molecule has 39 heavy (non-hydrogen) atoms. The number of anilines is 1. The molecule has 0 spiro atoms. The number of carbonyl (C=O) groups is 2. The van der Waals surface area contributed by atoms with Gasteiger partial charge in [0, 0.05) is 16.5 Å². The van der Waals surface area contributed by atoms with E-state index in [2.05, 4.69) is 4.98 Å². The standard InChI is InChI=1S/C28H28N4O6S/c1-4-38-28(35)19-10-15-22-23(16-19)31-27(34)24(22)25(18-8-6-5-7-9-18)30-20-11-13-21(14-12-20)32(39(3,36)37)17(2)26(29)33/h5-17,31,34H,4H2,1-3H3,(H2,29,33). The number of hydrogen-bond donors (Lipinski definition) is 3. The monoisotopic (exact) mass is 548 g/mol. The van der Waals surface area contributed by atoms with Gasteiger partial charge in [-0.15, -0.1) is 0 Å². The minimum atomic E-state index is -3.79. The van der Waals surface area contributed by atoms with Gasteiger partial charge in [0.1, 0.15) is 6.04 Å². The van der Waals surface area contributed by atoms with Gasteiger partial charge in [-0.25, -0.2) is 18.2 Å². The molecule has 0 radical (unpaired) electrons. The first-order valence-corrected chi connectivity index (χ1v) is 13.9. The van der Waals surface area contributed by atoms with Crippen molar-refractivity contribution in [1.29, 1.82) is 0 Å². The SMILES string of the molecule is CCOC(=O)c1ccc2c(C(=Nc3ccc(N(C(C)C(N)=O)S(C)(=O)=O)cc3)c3ccccc3)c(O)[nH]c2c1. The van der Waals surface area contributed by atoms with Crippen molar-refractivity contribution in [2.75, 3.05) is 17.2 Å². The summed E-state index contributed by atoms with van der Waals surface area (Å²) in [5, 5.41) is 11.6. The molecule has 10 nitrogen and oxygen atoms in total. The van der Waals surface area contributed by atoms with Crippen molar-refractivity contribution >= 4 is 49.9 Å². The van der Waals surface area contributed by atoms with Gasteiger partial charge in [-0.1, -0.05) is 36.4 Å². The lowest BCUT2D eigenvalue weighted by atomic mass is 10.00. The molecule has 4 rings (SSSR count). The van der Waals surface area contributed by atoms with Crippen molar-refractivity contribution in [3.8, 4) is 5.88 Å². The fraction of sp³-hybridized carbons (Fsp3) is 0.179. The summed E-state index contributed by atoms with van der Waals surface area (Å²) >= 11 is 0. The van der Waals surface area contributed by atoms with E-state index >= 15 is 0 Å². The number of nitrogens with one attached hydrogen (secondary N) is 1. The van der Waals surface area contributed by atoms with Crippen LogP contribution in [0.25, 0.3) is 10.9 Å². The van der Waals surface area contributed by atoms with E-state index in [1.807, 2.05) is 30.3 Å². The number of H-pyrrole nitrogens is 1. The highest BCUT2D eigenvalue weighted by Crippen LogP contribution is 2.33. The van der Waals surface area contributed by atoms with Crippen LogP contribution in [-0.4, -0.2) is 55.0 Å². The third-order valence-electron chi connectivity index (χ3n) is 6.04. The Labute approximate surface area is 225 Å². The van der Waals surface area contributed by atoms with Gasteiger partial charge in [0.15, 0.2) is 5.88 Å². The van der Waals surface area contributed by atoms with Crippen LogP contribution in [0, 0.1) is 0 Å². The van der Waals surface area contributed by atoms with Crippen molar-refractivity contribution in [3.63, 3.8) is 0 Å². The number of rotatable bonds is 9. The predicted octanol–water partition coefficient (Wildman–Crippen LogP) is 3.86. The highest BCUT2D eigenvalue weighted by molar-refractivity contribution is 7.92. The topological polar surface area (TPSA) is 155 Å². The van der Waals surface area contributed by atoms with Gasteiger partial charge in [-0.05, 0) is 50.2 Å². The molecule has 1 atom stereocenters. The van der Waals surface area contributed by atoms with Crippen LogP contribution in [0.15, 0.2) is 77.8 Å². The molecular formula is C28H28N4O6S. The maximum atomic E-state index is 12.4. The number of amides is 1. The molecule has 0 fully saturated rings. The number of benzene rings is 3. The summed E-state index contributed by atoms with van der Waals surface area (Å²) in [6.45, 7) is 3.38. The molecule has 1 aromatic heterocycles. The Hall–Kier alpha value is -4.64. The number of ether oxygens (including phenoxy) is 1. The van der Waals surface area contributed by atoms with Crippen LogP contribution in [0.1, 0.15) is 35.3 Å². The Morgan fingerprint density at radius 1 is 1.05 bits per heavy atom. The van der Waals surface area contributed by atoms with Gasteiger partial charge in [0.25, 0.3) is 0 Å². The van der Waals surface area contributed by atoms with Crippen LogP contribution in [0.3, 0.4) is 0 Å². The lowest BCUT2D eigenvalue weighted by molar-refractivity contribution is -0.118. The highest BCUT2D eigenvalue weighted by Gasteiger charge is 2.27. The molecule has 3 aromatic carbocycles. The molecule has 0 bridgehead atoms. The fourth-order valence-corrected chi connectivity index (χ4v) is 5.43. The molecule has 0 aliphatic heterocycles. The number of aromatic nitrogens is 1. The number of esters is 1. The molecule has 0 saturated carbocycles. The molecule has 4 N–H and O–H groups in total. The Kier molecular flexibility index (Phi) is 7.73. The van der Waals surface area contributed by atoms with E-state index in [9.17, 15) is 23.1 Å². The maximum absolute atomic E-state index is 12.4. The summed E-state index contributed by atoms with van der Waals surface area (Å²) in [4.78, 5) is 31.6. The van der Waals surface area contributed by atoms with Crippen molar-refractivity contribution in [2.24, 2.45) is 10.7 Å². The number of hydrogen-bond acceptors (Lipinski definition) is 7. The largest absolute Gasteiger partial charge is 0.494 e. The van der Waals surface area contributed by atoms with Gasteiger partial charge in [0.05, 0.1) is 41.1 Å². The molecule has 0 aliphatic carbocycles. The van der Waals surface area contributed by atoms with E-state index in [0.717, 1.165) is 10.6 Å². The molecule has 1 amide bonds. The van der Waals surface area contributed by atoms with E-state index in [1.54, 1.807) is 37.3 Å². The highest BCUT2D eigenvalue weighted by atomic mass is 32.2. The minimum absolute atomic E-state index is 0.135. The molecule has 1 unspecified atom stereocenters. The normalized spacial score (nSPS) is 12.7. The summed E-state index contributed by atoms with van der Waals surface area (Å²) in [5.41, 5.74) is 8.54. The number of aromatic amines is 1. The van der Waals surface area contributed by atoms with Crippen LogP contribution in [0.4, 0.5) is 11.4 Å². The zero-order valence-corrected chi connectivity index (χ0v) is 22.4. The van der Waals surface area contributed by atoms with E-state index in [-0.39, 0.29) is 18.2 Å². The second-order valence-electron chi connectivity index (χ2n) is 8.81. The lowest BCUT2D eigenvalue weighted by Crippen LogP contribution is -2.45. The molecule has 202 valence electrons. The molecular weight excluding hydrogens is 520 g/mol. The van der Waals surface area contributed by atoms with E-state index in [4.69, 9.17) is 15.5 Å². The maximum Gasteiger partial charge on any atom is 0.338 e. The average molecular weight is 549 g/mol. The average Bonchev–Trinajstić information content (AvgIpc) is 3.22. The first kappa shape index (κ1) is 27.4. The number of nitrogens with zero attached hydrogens (tertiary/aromatic N) is 2. The third kappa shape index (κ3) is 5.78. The molecule has 0 aliphatic rings. The Balaban J connectivity index is 1.83. The summed E-state index contributed by atoms with van der Waals surface area (Å²) in [5.74, 6) is -1.39. The first-order chi connectivity index (χ1) is 18.5. The number of primary amides is 1. The Bertz CT molecular complexity index is 1660. The Morgan fingerprint density at radius 2 is 1.72 bits per heavy atom. The van der Waals surface area contributed by atoms with Crippen LogP contribution in [-0.2, 0) is 19.6 Å². The van der Waals surface area contributed by atoms with Crippen LogP contribution in [0.2, 0.25) is 0 Å². The summed E-state index contributed by atoms with van der Waals surface area (Å²) in [7, 11) is -3.79. The van der Waals surface area contributed by atoms with Gasteiger partial charge >= 0.3 is 5.97 Å². The zero-order valence-electron chi connectivity index (χ0n) is 21.6. The van der Waals surface area contributed by atoms with Gasteiger partial charge in [-0.3, -0.25) is 9.10 Å². The van der Waals surface area contributed by atoms with Crippen molar-refractivity contribution in [3.05, 3.63) is 89.5 Å². The fourth-order valence-electron chi connectivity index (χ4n) is 4.25. The molecule has 1 heterocycles. The summed E-state index contributed by atoms with van der Waals surface area (Å²) in [6.07, 6.45) is 0.999. The number of fused-ring (bicyclic) bond motifs is 1. The molecule has 4 aromatic rings. The predicted molar refractivity (Wildman–Crippen MR) is 150 cm³/mol. The molecule has 0 saturated heterocycles. The minimum Gasteiger partial charge on any atom is -0.494 e. The number of aromatic hydroxyl groups is 1. The summed E-state index contributed by atoms with van der Waals surface area (Å²) < 4.78 is 30.8. The lowest BCUT2D eigenvalue weighted by Gasteiger charge is -2.26. The van der Waals surface area contributed by atoms with Crippen molar-refractivity contribution in [2.45, 2.75) is 19.9 Å². The number of nitrogens with two attached hydrogens (primary N) is 1. The van der Waals surface area contributed by atoms with Crippen molar-refractivity contribution < 1.29 is 27.9 Å². The number of aliphatic imine (C=N–C) groups is 1. The van der Waals surface area contributed by atoms with Gasteiger partial charge in [-0.2, -0.15) is 0 Å². The number of sulfonamides is 1. The first-order valence-electron chi connectivity index (χ1n) is 12.1. The Morgan fingerprint density at radius 3 is 2.31 bits per heavy atom. The van der Waals surface area contributed by atoms with Gasteiger partial charge in [0.2, 0.25) is 15.9 Å². The second kappa shape index (κ2) is 11.0. The van der Waals surface area contributed by atoms with Crippen LogP contribution in [0.5, 0.6) is 5.88 Å². The van der Waals surface area contributed by atoms with E-state index in [1.165, 1.54) is 19.1 Å². The second-order valence-corrected chi connectivity index (χ2v) is 10.7. The van der Waals surface area contributed by atoms with Crippen molar-refractivity contribution in [1.82, 2.24) is 4.98 Å². The third-order valence-corrected chi connectivity index (χ3v) is 7.28. The smallest absolute Gasteiger partial charge is 0.338 e. The molecule has 11 heteroatoms. The van der Waals surface area contributed by atoms with Crippen LogP contribution < -0.4 is 10.0 Å². The van der Waals surface area contributed by atoms with Crippen LogP contribution >= 0.6 is 0 Å². The quantitative estimate of drug-likeness (QED) is 0.213. The zero-order chi connectivity index (χ0) is 28.3. The number of carbonyl (C=O) groups excluding carboxylic acids is 2. The van der Waals surface area contributed by atoms with E-state index < -0.39 is 27.9 Å². The van der Waals surface area contributed by atoms with Gasteiger partial charge < -0.3 is 20.6 Å².